The second-order valence-electron chi connectivity index (χ2n) is 8.46. The fraction of sp³-hybridized carbons (Fsp3) is 0.737. The van der Waals surface area contributed by atoms with E-state index in [1.54, 1.807) is 7.05 Å². The zero-order chi connectivity index (χ0) is 20.8. The molecule has 0 spiro atoms. The first-order valence-corrected chi connectivity index (χ1v) is 9.23. The van der Waals surface area contributed by atoms with E-state index in [0.29, 0.717) is 19.0 Å². The van der Waals surface area contributed by atoms with E-state index in [1.165, 1.54) is 0 Å². The fourth-order valence-electron chi connectivity index (χ4n) is 2.69. The molecule has 1 aromatic rings. The smallest absolute Gasteiger partial charge is 0.408 e. The SMILES string of the molecule is CN=C(NCC(C)c1c(C)noc1C)NCC(C)(C)NC(=O)OC(C)(C)C.I. The number of rotatable bonds is 6. The van der Waals surface area contributed by atoms with Crippen molar-refractivity contribution >= 4 is 36.0 Å². The molecule has 0 radical (unpaired) electrons. The summed E-state index contributed by atoms with van der Waals surface area (Å²) in [6.45, 7) is 16.5. The number of hydrogen-bond acceptors (Lipinski definition) is 5. The van der Waals surface area contributed by atoms with Gasteiger partial charge in [-0.05, 0) is 48.5 Å². The number of alkyl carbamates (subject to hydrolysis) is 1. The minimum atomic E-state index is -0.528. The molecular weight excluding hydrogens is 473 g/mol. The average Bonchev–Trinajstić information content (AvgIpc) is 2.83. The van der Waals surface area contributed by atoms with Crippen LogP contribution in [0, 0.1) is 13.8 Å². The topological polar surface area (TPSA) is 101 Å². The summed E-state index contributed by atoms with van der Waals surface area (Å²) in [7, 11) is 1.71. The van der Waals surface area contributed by atoms with Gasteiger partial charge < -0.3 is 25.2 Å². The minimum Gasteiger partial charge on any atom is -0.444 e. The molecular formula is C19H36IN5O3. The highest BCUT2D eigenvalue weighted by atomic mass is 127. The van der Waals surface area contributed by atoms with E-state index >= 15 is 0 Å². The lowest BCUT2D eigenvalue weighted by atomic mass is 10.00. The van der Waals surface area contributed by atoms with E-state index in [9.17, 15) is 4.79 Å². The van der Waals surface area contributed by atoms with Gasteiger partial charge in [0.2, 0.25) is 0 Å². The van der Waals surface area contributed by atoms with E-state index in [0.717, 1.165) is 17.0 Å². The van der Waals surface area contributed by atoms with E-state index < -0.39 is 17.2 Å². The summed E-state index contributed by atoms with van der Waals surface area (Å²) in [5, 5.41) is 13.4. The first kappa shape index (κ1) is 26.5. The summed E-state index contributed by atoms with van der Waals surface area (Å²) in [6.07, 6.45) is -0.440. The molecule has 1 heterocycles. The summed E-state index contributed by atoms with van der Waals surface area (Å²) in [4.78, 5) is 16.2. The summed E-state index contributed by atoms with van der Waals surface area (Å²) in [5.74, 6) is 1.72. The van der Waals surface area contributed by atoms with Crippen molar-refractivity contribution in [3.63, 3.8) is 0 Å². The maximum Gasteiger partial charge on any atom is 0.408 e. The molecule has 3 N–H and O–H groups in total. The van der Waals surface area contributed by atoms with Gasteiger partial charge in [0.05, 0.1) is 11.2 Å². The summed E-state index contributed by atoms with van der Waals surface area (Å²) in [6, 6.07) is 0. The predicted molar refractivity (Wildman–Crippen MR) is 123 cm³/mol. The zero-order valence-electron chi connectivity index (χ0n) is 18.5. The molecule has 1 amide bonds. The number of aliphatic imine (C=N–C) groups is 1. The van der Waals surface area contributed by atoms with Gasteiger partial charge in [-0.3, -0.25) is 4.99 Å². The molecule has 0 fully saturated rings. The number of guanidine groups is 1. The molecule has 0 saturated carbocycles. The monoisotopic (exact) mass is 509 g/mol. The number of amides is 1. The van der Waals surface area contributed by atoms with Gasteiger partial charge in [0.1, 0.15) is 11.4 Å². The molecule has 0 aromatic carbocycles. The first-order chi connectivity index (χ1) is 12.3. The normalized spacial score (nSPS) is 13.4. The van der Waals surface area contributed by atoms with E-state index in [2.05, 4.69) is 33.0 Å². The standard InChI is InChI=1S/C19H35N5O3.HI/c1-12(15-13(2)24-27-14(15)3)10-21-16(20-9)22-11-19(7,8)23-17(25)26-18(4,5)6;/h12H,10-11H2,1-9H3,(H,23,25)(H2,20,21,22);1H. The first-order valence-electron chi connectivity index (χ1n) is 9.23. The van der Waals surface area contributed by atoms with Gasteiger partial charge in [0.25, 0.3) is 0 Å². The van der Waals surface area contributed by atoms with E-state index in [4.69, 9.17) is 9.26 Å². The molecule has 1 atom stereocenters. The number of nitrogens with one attached hydrogen (secondary N) is 3. The fourth-order valence-corrected chi connectivity index (χ4v) is 2.69. The summed E-state index contributed by atoms with van der Waals surface area (Å²) in [5.41, 5.74) is 0.990. The van der Waals surface area contributed by atoms with Crippen LogP contribution in [0.1, 0.15) is 64.5 Å². The average molecular weight is 509 g/mol. The van der Waals surface area contributed by atoms with Crippen molar-refractivity contribution in [3.8, 4) is 0 Å². The molecule has 0 aliphatic carbocycles. The van der Waals surface area contributed by atoms with Crippen molar-refractivity contribution in [2.75, 3.05) is 20.1 Å². The Morgan fingerprint density at radius 3 is 2.29 bits per heavy atom. The van der Waals surface area contributed by atoms with Gasteiger partial charge in [-0.1, -0.05) is 12.1 Å². The molecule has 1 unspecified atom stereocenters. The van der Waals surface area contributed by atoms with E-state index in [1.807, 2.05) is 48.5 Å². The summed E-state index contributed by atoms with van der Waals surface area (Å²) >= 11 is 0. The van der Waals surface area contributed by atoms with Gasteiger partial charge in [-0.15, -0.1) is 24.0 Å². The van der Waals surface area contributed by atoms with Crippen LogP contribution in [0.3, 0.4) is 0 Å². The number of aromatic nitrogens is 1. The molecule has 0 saturated heterocycles. The Morgan fingerprint density at radius 1 is 1.21 bits per heavy atom. The Hall–Kier alpha value is -1.52. The van der Waals surface area contributed by atoms with E-state index in [-0.39, 0.29) is 29.9 Å². The summed E-state index contributed by atoms with van der Waals surface area (Å²) < 4.78 is 10.5. The minimum absolute atomic E-state index is 0. The van der Waals surface area contributed by atoms with Gasteiger partial charge in [-0.25, -0.2) is 4.79 Å². The molecule has 28 heavy (non-hydrogen) atoms. The number of halogens is 1. The van der Waals surface area contributed by atoms with Crippen LogP contribution < -0.4 is 16.0 Å². The van der Waals surface area contributed by atoms with Crippen LogP contribution in [-0.2, 0) is 4.74 Å². The number of aryl methyl sites for hydroxylation is 2. The number of ether oxygens (including phenoxy) is 1. The molecule has 162 valence electrons. The van der Waals surface area contributed by atoms with Gasteiger partial charge in [0, 0.05) is 31.6 Å². The number of carbonyl (C=O) groups is 1. The van der Waals surface area contributed by atoms with Crippen LogP contribution in [0.2, 0.25) is 0 Å². The van der Waals surface area contributed by atoms with Crippen molar-refractivity contribution < 1.29 is 14.1 Å². The van der Waals surface area contributed by atoms with Gasteiger partial charge >= 0.3 is 6.09 Å². The second kappa shape index (κ2) is 10.9. The van der Waals surface area contributed by atoms with Crippen molar-refractivity contribution in [2.45, 2.75) is 72.4 Å². The van der Waals surface area contributed by atoms with Crippen molar-refractivity contribution in [3.05, 3.63) is 17.0 Å². The van der Waals surface area contributed by atoms with Crippen LogP contribution in [0.4, 0.5) is 4.79 Å². The van der Waals surface area contributed by atoms with Crippen LogP contribution in [-0.4, -0.2) is 48.5 Å². The maximum absolute atomic E-state index is 12.0. The Kier molecular flexibility index (Phi) is 10.3. The van der Waals surface area contributed by atoms with Crippen molar-refractivity contribution in [2.24, 2.45) is 4.99 Å². The molecule has 1 aromatic heterocycles. The lowest BCUT2D eigenvalue weighted by Crippen LogP contribution is -2.54. The lowest BCUT2D eigenvalue weighted by Gasteiger charge is -2.29. The highest BCUT2D eigenvalue weighted by Crippen LogP contribution is 2.22. The molecule has 1 rings (SSSR count). The Bertz CT molecular complexity index is 646. The number of hydrogen-bond donors (Lipinski definition) is 3. The van der Waals surface area contributed by atoms with Crippen LogP contribution in [0.15, 0.2) is 9.52 Å². The molecule has 0 aliphatic rings. The number of nitrogens with zero attached hydrogens (tertiary/aromatic N) is 2. The highest BCUT2D eigenvalue weighted by Gasteiger charge is 2.25. The van der Waals surface area contributed by atoms with Gasteiger partial charge in [0.15, 0.2) is 5.96 Å². The number of carbonyl (C=O) groups excluding carboxylic acids is 1. The quantitative estimate of drug-likeness (QED) is 0.309. The molecule has 0 bridgehead atoms. The molecule has 0 aliphatic heterocycles. The Morgan fingerprint density at radius 2 is 1.82 bits per heavy atom. The van der Waals surface area contributed by atoms with Crippen LogP contribution >= 0.6 is 24.0 Å². The Labute approximate surface area is 185 Å². The van der Waals surface area contributed by atoms with Gasteiger partial charge in [-0.2, -0.15) is 0 Å². The molecule has 8 nitrogen and oxygen atoms in total. The lowest BCUT2D eigenvalue weighted by molar-refractivity contribution is 0.0474. The maximum atomic E-state index is 12.0. The van der Waals surface area contributed by atoms with Crippen LogP contribution in [0.5, 0.6) is 0 Å². The van der Waals surface area contributed by atoms with Crippen LogP contribution in [0.25, 0.3) is 0 Å². The Balaban J connectivity index is 0.00000729. The predicted octanol–water partition coefficient (Wildman–Crippen LogP) is 3.48. The second-order valence-corrected chi connectivity index (χ2v) is 8.46. The van der Waals surface area contributed by atoms with Crippen molar-refractivity contribution in [1.29, 1.82) is 0 Å². The zero-order valence-corrected chi connectivity index (χ0v) is 20.8. The highest BCUT2D eigenvalue weighted by molar-refractivity contribution is 14.0. The largest absolute Gasteiger partial charge is 0.444 e. The third kappa shape index (κ3) is 9.11. The molecule has 9 heteroatoms. The van der Waals surface area contributed by atoms with Crippen molar-refractivity contribution in [1.82, 2.24) is 21.1 Å². The third-order valence-electron chi connectivity index (χ3n) is 3.92. The third-order valence-corrected chi connectivity index (χ3v) is 3.92.